The standard InChI is InChI=1S/C34H52N2O2/c1-32(2)17-18-33(3,4)29-23-26(13-15-28(29)32)30-11-7-10-27(35-30)14-12-25-9-8-20-36(21-16-25)24-31(38)34(5,6)19-22-37/h7,10-11,13,15,23,25,31,37-38H,8-9,12,14,16-22,24H2,1-6H3. The van der Waals surface area contributed by atoms with Gasteiger partial charge in [0.05, 0.1) is 11.8 Å². The van der Waals surface area contributed by atoms with Gasteiger partial charge in [-0.1, -0.05) is 59.7 Å². The molecule has 1 fully saturated rings. The minimum absolute atomic E-state index is 0.129. The lowest BCUT2D eigenvalue weighted by atomic mass is 9.63. The summed E-state index contributed by atoms with van der Waals surface area (Å²) in [7, 11) is 0. The van der Waals surface area contributed by atoms with Crippen molar-refractivity contribution in [1.82, 2.24) is 9.88 Å². The number of benzene rings is 1. The molecular formula is C34H52N2O2. The van der Waals surface area contributed by atoms with Crippen molar-refractivity contribution in [3.8, 4) is 11.3 Å². The average molecular weight is 521 g/mol. The summed E-state index contributed by atoms with van der Waals surface area (Å²) in [5.41, 5.74) is 6.72. The van der Waals surface area contributed by atoms with Crippen molar-refractivity contribution in [2.24, 2.45) is 11.3 Å². The van der Waals surface area contributed by atoms with E-state index in [1.165, 1.54) is 60.9 Å². The van der Waals surface area contributed by atoms with Gasteiger partial charge in [-0.05, 0) is 116 Å². The number of aryl methyl sites for hydroxylation is 1. The first-order valence-electron chi connectivity index (χ1n) is 15.0. The lowest BCUT2D eigenvalue weighted by Gasteiger charge is -2.42. The summed E-state index contributed by atoms with van der Waals surface area (Å²) in [5.74, 6) is 0.708. The molecule has 2 unspecified atom stereocenters. The first-order chi connectivity index (χ1) is 17.9. The van der Waals surface area contributed by atoms with Gasteiger partial charge in [-0.2, -0.15) is 0 Å². The highest BCUT2D eigenvalue weighted by molar-refractivity contribution is 5.63. The molecule has 2 heterocycles. The number of aliphatic hydroxyl groups is 2. The lowest BCUT2D eigenvalue weighted by Crippen LogP contribution is -2.41. The van der Waals surface area contributed by atoms with Gasteiger partial charge in [0.25, 0.3) is 0 Å². The molecule has 1 aromatic carbocycles. The Hall–Kier alpha value is -1.75. The van der Waals surface area contributed by atoms with Crippen LogP contribution in [0.2, 0.25) is 0 Å². The van der Waals surface area contributed by atoms with Crippen LogP contribution in [0.3, 0.4) is 0 Å². The first-order valence-corrected chi connectivity index (χ1v) is 15.0. The molecule has 1 aliphatic heterocycles. The fourth-order valence-corrected chi connectivity index (χ4v) is 6.52. The maximum Gasteiger partial charge on any atom is 0.0718 e. The third-order valence-corrected chi connectivity index (χ3v) is 9.79. The molecule has 4 rings (SSSR count). The molecule has 210 valence electrons. The summed E-state index contributed by atoms with van der Waals surface area (Å²) in [5, 5.41) is 20.1. The summed E-state index contributed by atoms with van der Waals surface area (Å²) in [4.78, 5) is 7.55. The molecule has 1 saturated heterocycles. The molecule has 2 aromatic rings. The number of pyridine rings is 1. The topological polar surface area (TPSA) is 56.6 Å². The van der Waals surface area contributed by atoms with Crippen LogP contribution in [0.1, 0.15) is 103 Å². The SMILES string of the molecule is CC1(C)CCC(C)(C)c2cc(-c3cccc(CCC4CCCN(CC(O)C(C)(C)CCO)CC4)n3)ccc21. The van der Waals surface area contributed by atoms with Gasteiger partial charge in [0.2, 0.25) is 0 Å². The molecule has 0 spiro atoms. The zero-order valence-electron chi connectivity index (χ0n) is 24.9. The number of aromatic nitrogens is 1. The number of aliphatic hydroxyl groups excluding tert-OH is 2. The van der Waals surface area contributed by atoms with Gasteiger partial charge in [0.15, 0.2) is 0 Å². The number of hydrogen-bond donors (Lipinski definition) is 2. The molecule has 4 nitrogen and oxygen atoms in total. The van der Waals surface area contributed by atoms with E-state index < -0.39 is 6.10 Å². The Balaban J connectivity index is 1.37. The zero-order valence-corrected chi connectivity index (χ0v) is 24.9. The maximum absolute atomic E-state index is 10.7. The Kier molecular flexibility index (Phi) is 9.06. The van der Waals surface area contributed by atoms with Gasteiger partial charge in [-0.3, -0.25) is 4.98 Å². The van der Waals surface area contributed by atoms with E-state index in [9.17, 15) is 10.2 Å². The summed E-state index contributed by atoms with van der Waals surface area (Å²) in [6, 6.07) is 13.6. The van der Waals surface area contributed by atoms with Crippen molar-refractivity contribution < 1.29 is 10.2 Å². The van der Waals surface area contributed by atoms with E-state index in [2.05, 4.69) is 82.8 Å². The van der Waals surface area contributed by atoms with E-state index in [0.717, 1.165) is 25.2 Å². The van der Waals surface area contributed by atoms with E-state index in [-0.39, 0.29) is 22.9 Å². The molecule has 1 aliphatic carbocycles. The van der Waals surface area contributed by atoms with Crippen molar-refractivity contribution in [3.63, 3.8) is 0 Å². The third-order valence-electron chi connectivity index (χ3n) is 9.79. The Morgan fingerprint density at radius 2 is 1.74 bits per heavy atom. The minimum atomic E-state index is -0.404. The van der Waals surface area contributed by atoms with Crippen LogP contribution in [0, 0.1) is 11.3 Å². The largest absolute Gasteiger partial charge is 0.396 e. The summed E-state index contributed by atoms with van der Waals surface area (Å²) in [6.45, 7) is 16.6. The monoisotopic (exact) mass is 520 g/mol. The van der Waals surface area contributed by atoms with Crippen molar-refractivity contribution in [3.05, 3.63) is 53.2 Å². The van der Waals surface area contributed by atoms with Crippen LogP contribution in [0.4, 0.5) is 0 Å². The van der Waals surface area contributed by atoms with Gasteiger partial charge in [0, 0.05) is 24.4 Å². The number of likely N-dealkylation sites (tertiary alicyclic amines) is 1. The molecule has 2 atom stereocenters. The highest BCUT2D eigenvalue weighted by atomic mass is 16.3. The van der Waals surface area contributed by atoms with Gasteiger partial charge in [-0.15, -0.1) is 0 Å². The fraction of sp³-hybridized carbons (Fsp3) is 0.676. The van der Waals surface area contributed by atoms with E-state index >= 15 is 0 Å². The van der Waals surface area contributed by atoms with Crippen LogP contribution in [-0.2, 0) is 17.3 Å². The summed E-state index contributed by atoms with van der Waals surface area (Å²) < 4.78 is 0. The van der Waals surface area contributed by atoms with Gasteiger partial charge in [0.1, 0.15) is 0 Å². The van der Waals surface area contributed by atoms with Crippen LogP contribution >= 0.6 is 0 Å². The Morgan fingerprint density at radius 1 is 1.00 bits per heavy atom. The molecule has 0 bridgehead atoms. The van der Waals surface area contributed by atoms with E-state index in [0.29, 0.717) is 18.9 Å². The zero-order chi connectivity index (χ0) is 27.6. The lowest BCUT2D eigenvalue weighted by molar-refractivity contribution is 0.00533. The van der Waals surface area contributed by atoms with E-state index in [4.69, 9.17) is 4.98 Å². The number of nitrogens with zero attached hydrogens (tertiary/aromatic N) is 2. The quantitative estimate of drug-likeness (QED) is 0.377. The van der Waals surface area contributed by atoms with E-state index in [1.54, 1.807) is 0 Å². The number of hydrogen-bond acceptors (Lipinski definition) is 4. The van der Waals surface area contributed by atoms with Gasteiger partial charge < -0.3 is 15.1 Å². The molecule has 1 aromatic heterocycles. The van der Waals surface area contributed by atoms with Crippen molar-refractivity contribution in [2.75, 3.05) is 26.2 Å². The predicted octanol–water partition coefficient (Wildman–Crippen LogP) is 6.90. The third kappa shape index (κ3) is 6.87. The Bertz CT molecular complexity index is 1070. The van der Waals surface area contributed by atoms with Crippen LogP contribution in [0.25, 0.3) is 11.3 Å². The normalized spacial score (nSPS) is 22.5. The Labute approximate surface area is 231 Å². The molecule has 0 amide bonds. The number of fused-ring (bicyclic) bond motifs is 1. The predicted molar refractivity (Wildman–Crippen MR) is 159 cm³/mol. The smallest absolute Gasteiger partial charge is 0.0718 e. The van der Waals surface area contributed by atoms with Crippen LogP contribution in [-0.4, -0.2) is 52.4 Å². The van der Waals surface area contributed by atoms with E-state index in [1.807, 2.05) is 0 Å². The van der Waals surface area contributed by atoms with Crippen LogP contribution in [0.15, 0.2) is 36.4 Å². The van der Waals surface area contributed by atoms with Gasteiger partial charge in [-0.25, -0.2) is 0 Å². The van der Waals surface area contributed by atoms with Crippen molar-refractivity contribution >= 4 is 0 Å². The highest BCUT2D eigenvalue weighted by Gasteiger charge is 2.37. The number of rotatable bonds is 9. The first kappa shape index (κ1) is 29.2. The summed E-state index contributed by atoms with van der Waals surface area (Å²) in [6.07, 6.45) is 8.51. The molecule has 0 saturated carbocycles. The second kappa shape index (κ2) is 11.8. The van der Waals surface area contributed by atoms with Crippen molar-refractivity contribution in [1.29, 1.82) is 0 Å². The summed E-state index contributed by atoms with van der Waals surface area (Å²) >= 11 is 0. The van der Waals surface area contributed by atoms with Crippen LogP contribution < -0.4 is 0 Å². The van der Waals surface area contributed by atoms with Crippen LogP contribution in [0.5, 0.6) is 0 Å². The Morgan fingerprint density at radius 3 is 2.47 bits per heavy atom. The maximum atomic E-state index is 10.7. The molecule has 38 heavy (non-hydrogen) atoms. The molecule has 4 heteroatoms. The fourth-order valence-electron chi connectivity index (χ4n) is 6.52. The van der Waals surface area contributed by atoms with Crippen molar-refractivity contribution in [2.45, 2.75) is 110 Å². The average Bonchev–Trinajstić information content (AvgIpc) is 3.10. The molecular weight excluding hydrogens is 468 g/mol. The highest BCUT2D eigenvalue weighted by Crippen LogP contribution is 2.46. The van der Waals surface area contributed by atoms with Gasteiger partial charge >= 0.3 is 0 Å². The molecule has 0 radical (unpaired) electrons. The second-order valence-electron chi connectivity index (χ2n) is 14.2. The number of β-amino-alcohol motifs (C(OH)–C–C–N with tert-alkyl or cyclic N) is 1. The minimum Gasteiger partial charge on any atom is -0.396 e. The molecule has 2 aliphatic rings. The second-order valence-corrected chi connectivity index (χ2v) is 14.2. The molecule has 2 N–H and O–H groups in total.